The fourth-order valence-electron chi connectivity index (χ4n) is 4.71. The monoisotopic (exact) mass is 447 g/mol. The maximum Gasteiger partial charge on any atom is 0.238 e. The van der Waals surface area contributed by atoms with E-state index in [2.05, 4.69) is 19.9 Å². The molecule has 0 fully saturated rings. The first-order valence-corrected chi connectivity index (χ1v) is 12.0. The van der Waals surface area contributed by atoms with E-state index in [1.54, 1.807) is 24.8 Å². The number of anilines is 2. The van der Waals surface area contributed by atoms with Crippen molar-refractivity contribution in [3.63, 3.8) is 0 Å². The Morgan fingerprint density at radius 1 is 1.06 bits per heavy atom. The number of ether oxygens (including phenoxy) is 1. The van der Waals surface area contributed by atoms with Gasteiger partial charge in [0.2, 0.25) is 5.88 Å². The van der Waals surface area contributed by atoms with Gasteiger partial charge in [0.25, 0.3) is 0 Å². The Balaban J connectivity index is 1.35. The fraction of sp³-hybridized carbons (Fsp3) is 0.391. The van der Waals surface area contributed by atoms with E-state index < -0.39 is 0 Å². The van der Waals surface area contributed by atoms with Gasteiger partial charge in [-0.25, -0.2) is 19.6 Å². The lowest BCUT2D eigenvalue weighted by Crippen LogP contribution is -2.29. The van der Waals surface area contributed by atoms with Crippen LogP contribution in [0.25, 0.3) is 16.4 Å². The van der Waals surface area contributed by atoms with Crippen LogP contribution in [0.2, 0.25) is 0 Å². The summed E-state index contributed by atoms with van der Waals surface area (Å²) in [5.41, 5.74) is 5.32. The first-order chi connectivity index (χ1) is 15.7. The van der Waals surface area contributed by atoms with Gasteiger partial charge in [0.15, 0.2) is 0 Å². The van der Waals surface area contributed by atoms with Gasteiger partial charge in [0.05, 0.1) is 24.8 Å². The molecule has 0 unspecified atom stereocenters. The predicted molar refractivity (Wildman–Crippen MR) is 124 cm³/mol. The molecule has 0 radical (unpaired) electrons. The van der Waals surface area contributed by atoms with Crippen LogP contribution in [0.15, 0.2) is 30.0 Å². The molecular formula is C23H25N7OS. The second kappa shape index (κ2) is 7.74. The molecule has 2 aliphatic rings. The van der Waals surface area contributed by atoms with E-state index in [-0.39, 0.29) is 0 Å². The minimum atomic E-state index is 0.557. The molecule has 32 heavy (non-hydrogen) atoms. The molecule has 1 aliphatic heterocycles. The summed E-state index contributed by atoms with van der Waals surface area (Å²) in [6.07, 6.45) is 9.51. The van der Waals surface area contributed by atoms with E-state index >= 15 is 0 Å². The number of pyridine rings is 1. The Hall–Kier alpha value is -3.20. The average Bonchev–Trinajstić information content (AvgIpc) is 3.56. The lowest BCUT2D eigenvalue weighted by molar-refractivity contribution is 0.396. The quantitative estimate of drug-likeness (QED) is 0.464. The van der Waals surface area contributed by atoms with Crippen LogP contribution in [0.3, 0.4) is 0 Å². The molecule has 0 spiro atoms. The maximum absolute atomic E-state index is 5.59. The molecule has 0 bridgehead atoms. The highest BCUT2D eigenvalue weighted by Gasteiger charge is 2.29. The van der Waals surface area contributed by atoms with Gasteiger partial charge in [-0.1, -0.05) is 0 Å². The van der Waals surface area contributed by atoms with Crippen molar-refractivity contribution in [3.05, 3.63) is 47.0 Å². The molecule has 0 amide bonds. The number of hydrogen-bond acceptors (Lipinski definition) is 7. The number of aromatic nitrogens is 6. The minimum absolute atomic E-state index is 0.557. The van der Waals surface area contributed by atoms with Gasteiger partial charge in [0, 0.05) is 30.2 Å². The average molecular weight is 448 g/mol. The van der Waals surface area contributed by atoms with Crippen molar-refractivity contribution in [1.82, 2.24) is 29.3 Å². The van der Waals surface area contributed by atoms with Crippen molar-refractivity contribution >= 4 is 23.0 Å². The Labute approximate surface area is 190 Å². The Morgan fingerprint density at radius 2 is 1.97 bits per heavy atom. The zero-order chi connectivity index (χ0) is 21.7. The molecule has 0 N–H and O–H groups in total. The van der Waals surface area contributed by atoms with E-state index in [1.807, 2.05) is 29.8 Å². The van der Waals surface area contributed by atoms with Gasteiger partial charge in [-0.05, 0) is 51.2 Å². The first kappa shape index (κ1) is 19.5. The largest absolute Gasteiger partial charge is 0.479 e. The van der Waals surface area contributed by atoms with E-state index in [0.29, 0.717) is 5.88 Å². The van der Waals surface area contributed by atoms with Crippen LogP contribution < -0.4 is 9.64 Å². The van der Waals surface area contributed by atoms with E-state index in [0.717, 1.165) is 60.3 Å². The van der Waals surface area contributed by atoms with E-state index in [9.17, 15) is 0 Å². The summed E-state index contributed by atoms with van der Waals surface area (Å²) in [6, 6.07) is 4.01. The van der Waals surface area contributed by atoms with Crippen molar-refractivity contribution in [3.8, 4) is 22.3 Å². The van der Waals surface area contributed by atoms with Gasteiger partial charge in [-0.3, -0.25) is 0 Å². The maximum atomic E-state index is 5.59. The lowest BCUT2D eigenvalue weighted by atomic mass is 9.97. The molecule has 4 aromatic heterocycles. The smallest absolute Gasteiger partial charge is 0.238 e. The van der Waals surface area contributed by atoms with E-state index in [1.165, 1.54) is 29.9 Å². The highest BCUT2D eigenvalue weighted by Crippen LogP contribution is 2.39. The minimum Gasteiger partial charge on any atom is -0.479 e. The van der Waals surface area contributed by atoms with Crippen LogP contribution in [0.1, 0.15) is 36.2 Å². The second-order valence-electron chi connectivity index (χ2n) is 8.34. The van der Waals surface area contributed by atoms with Gasteiger partial charge in [-0.2, -0.15) is 5.10 Å². The number of thiazole rings is 1. The summed E-state index contributed by atoms with van der Waals surface area (Å²) in [4.78, 5) is 16.4. The highest BCUT2D eigenvalue weighted by atomic mass is 32.1. The molecule has 0 atom stereocenters. The van der Waals surface area contributed by atoms with Gasteiger partial charge >= 0.3 is 0 Å². The molecule has 9 heteroatoms. The molecule has 0 saturated heterocycles. The third-order valence-corrected chi connectivity index (χ3v) is 7.07. The molecule has 4 aromatic rings. The van der Waals surface area contributed by atoms with Crippen molar-refractivity contribution in [1.29, 1.82) is 0 Å². The van der Waals surface area contributed by atoms with Gasteiger partial charge < -0.3 is 14.2 Å². The summed E-state index contributed by atoms with van der Waals surface area (Å²) in [6.45, 7) is 3.92. The standard InChI is InChI=1S/C23H25N7OS/c1-15-12-28(14-24-15)19-9-8-18(25-21(19)31-2)22-26-20(13-32-22)29-10-5-11-30-23(29)16-6-3-4-7-17(16)27-30/h8-9,12-14H,3-7,10-11H2,1-2H3. The molecular weight excluding hydrogens is 422 g/mol. The van der Waals surface area contributed by atoms with E-state index in [4.69, 9.17) is 19.8 Å². The number of imidazole rings is 1. The SMILES string of the molecule is COc1nc(-c2nc(N3CCCn4nc5c(c43)CCCC5)cs2)ccc1-n1cnc(C)c1. The predicted octanol–water partition coefficient (Wildman–Crippen LogP) is 4.32. The Morgan fingerprint density at radius 3 is 2.81 bits per heavy atom. The highest BCUT2D eigenvalue weighted by molar-refractivity contribution is 7.13. The summed E-state index contributed by atoms with van der Waals surface area (Å²) in [5, 5.41) is 7.93. The molecule has 1 aliphatic carbocycles. The Kier molecular flexibility index (Phi) is 4.71. The van der Waals surface area contributed by atoms with Crippen molar-refractivity contribution < 1.29 is 4.74 Å². The van der Waals surface area contributed by atoms with Crippen LogP contribution in [0.5, 0.6) is 5.88 Å². The zero-order valence-electron chi connectivity index (χ0n) is 18.3. The molecule has 5 heterocycles. The number of rotatable bonds is 4. The lowest BCUT2D eigenvalue weighted by Gasteiger charge is -2.29. The molecule has 0 aromatic carbocycles. The number of aryl methyl sites for hydroxylation is 3. The molecule has 164 valence electrons. The van der Waals surface area contributed by atoms with Crippen LogP contribution in [-0.2, 0) is 19.4 Å². The van der Waals surface area contributed by atoms with Crippen molar-refractivity contribution in [2.75, 3.05) is 18.6 Å². The first-order valence-electron chi connectivity index (χ1n) is 11.1. The zero-order valence-corrected chi connectivity index (χ0v) is 19.1. The Bertz CT molecular complexity index is 1290. The summed E-state index contributed by atoms with van der Waals surface area (Å²) < 4.78 is 9.71. The van der Waals surface area contributed by atoms with Crippen LogP contribution >= 0.6 is 11.3 Å². The topological polar surface area (TPSA) is 73.9 Å². The van der Waals surface area contributed by atoms with Crippen LogP contribution in [0.4, 0.5) is 11.6 Å². The van der Waals surface area contributed by atoms with Crippen molar-refractivity contribution in [2.45, 2.75) is 45.6 Å². The van der Waals surface area contributed by atoms with Crippen LogP contribution in [0, 0.1) is 6.92 Å². The van der Waals surface area contributed by atoms with Gasteiger partial charge in [0.1, 0.15) is 28.0 Å². The molecule has 6 rings (SSSR count). The van der Waals surface area contributed by atoms with Crippen molar-refractivity contribution in [2.24, 2.45) is 0 Å². The number of nitrogens with zero attached hydrogens (tertiary/aromatic N) is 7. The molecule has 8 nitrogen and oxygen atoms in total. The summed E-state index contributed by atoms with van der Waals surface area (Å²) in [5.74, 6) is 2.79. The third kappa shape index (κ3) is 3.19. The summed E-state index contributed by atoms with van der Waals surface area (Å²) >= 11 is 1.62. The summed E-state index contributed by atoms with van der Waals surface area (Å²) in [7, 11) is 1.64. The number of fused-ring (bicyclic) bond motifs is 3. The van der Waals surface area contributed by atoms with Crippen LogP contribution in [-0.4, -0.2) is 43.0 Å². The normalized spacial score (nSPS) is 15.5. The molecule has 0 saturated carbocycles. The fourth-order valence-corrected chi connectivity index (χ4v) is 5.49. The number of methoxy groups -OCH3 is 1. The number of hydrogen-bond donors (Lipinski definition) is 0. The third-order valence-electron chi connectivity index (χ3n) is 6.21. The van der Waals surface area contributed by atoms with Gasteiger partial charge in [-0.15, -0.1) is 11.3 Å². The second-order valence-corrected chi connectivity index (χ2v) is 9.20.